The van der Waals surface area contributed by atoms with Gasteiger partial charge < -0.3 is 19.5 Å². The fourth-order valence-corrected chi connectivity index (χ4v) is 2.89. The second kappa shape index (κ2) is 6.25. The average molecular weight is 307 g/mol. The van der Waals surface area contributed by atoms with Crippen LogP contribution in [0.5, 0.6) is 11.5 Å². The van der Waals surface area contributed by atoms with Gasteiger partial charge in [-0.25, -0.2) is 0 Å². The summed E-state index contributed by atoms with van der Waals surface area (Å²) in [5, 5.41) is 9.09. The highest BCUT2D eigenvalue weighted by molar-refractivity contribution is 5.86. The summed E-state index contributed by atoms with van der Waals surface area (Å²) in [6.07, 6.45) is 0.0615. The molecule has 1 fully saturated rings. The van der Waals surface area contributed by atoms with Crippen molar-refractivity contribution in [2.24, 2.45) is 5.92 Å². The van der Waals surface area contributed by atoms with Crippen LogP contribution in [0.25, 0.3) is 0 Å². The molecule has 1 heterocycles. The molecule has 0 aliphatic carbocycles. The number of benzene rings is 1. The zero-order valence-corrected chi connectivity index (χ0v) is 13.3. The molecular weight excluding hydrogens is 286 g/mol. The molecule has 0 radical (unpaired) electrons. The van der Waals surface area contributed by atoms with Crippen LogP contribution >= 0.6 is 0 Å². The number of hydrogen-bond acceptors (Lipinski definition) is 4. The van der Waals surface area contributed by atoms with E-state index in [1.54, 1.807) is 19.1 Å². The normalized spacial score (nSPS) is 19.2. The minimum absolute atomic E-state index is 0.0615. The Kier molecular flexibility index (Phi) is 4.59. The predicted octanol–water partition coefficient (Wildman–Crippen LogP) is 2.01. The van der Waals surface area contributed by atoms with Gasteiger partial charge in [-0.3, -0.25) is 9.59 Å². The molecular formula is C16H21NO5. The zero-order valence-electron chi connectivity index (χ0n) is 13.3. The molecule has 2 rings (SSSR count). The fraction of sp³-hybridized carbons (Fsp3) is 0.500. The third-order valence-electron chi connectivity index (χ3n) is 4.20. The Labute approximate surface area is 129 Å². The maximum absolute atomic E-state index is 12.1. The predicted molar refractivity (Wildman–Crippen MR) is 80.2 cm³/mol. The first kappa shape index (κ1) is 16.1. The fourth-order valence-electron chi connectivity index (χ4n) is 2.89. The van der Waals surface area contributed by atoms with E-state index in [9.17, 15) is 9.59 Å². The molecule has 1 aliphatic heterocycles. The van der Waals surface area contributed by atoms with Gasteiger partial charge in [-0.2, -0.15) is 0 Å². The number of likely N-dealkylation sites (tertiary alicyclic amines) is 1. The number of aryl methyl sites for hydroxylation is 1. The third-order valence-corrected chi connectivity index (χ3v) is 4.20. The number of rotatable bonds is 5. The molecule has 1 N–H and O–H groups in total. The van der Waals surface area contributed by atoms with Crippen molar-refractivity contribution < 1.29 is 24.2 Å². The van der Waals surface area contributed by atoms with Crippen molar-refractivity contribution in [2.45, 2.75) is 26.3 Å². The van der Waals surface area contributed by atoms with E-state index >= 15 is 0 Å². The topological polar surface area (TPSA) is 76.1 Å². The smallest absolute Gasteiger partial charge is 0.308 e. The molecule has 1 aliphatic rings. The maximum atomic E-state index is 12.1. The van der Waals surface area contributed by atoms with Gasteiger partial charge >= 0.3 is 5.97 Å². The Balaban J connectivity index is 2.31. The van der Waals surface area contributed by atoms with Gasteiger partial charge in [0.25, 0.3) is 0 Å². The minimum Gasteiger partial charge on any atom is -0.493 e. The lowest BCUT2D eigenvalue weighted by atomic mass is 10.0. The van der Waals surface area contributed by atoms with Crippen molar-refractivity contribution in [3.63, 3.8) is 0 Å². The van der Waals surface area contributed by atoms with E-state index in [1.807, 2.05) is 26.0 Å². The molecule has 120 valence electrons. The summed E-state index contributed by atoms with van der Waals surface area (Å²) < 4.78 is 10.6. The van der Waals surface area contributed by atoms with Crippen molar-refractivity contribution in [2.75, 3.05) is 20.8 Å². The van der Waals surface area contributed by atoms with Crippen LogP contribution in [0.2, 0.25) is 0 Å². The maximum Gasteiger partial charge on any atom is 0.308 e. The van der Waals surface area contributed by atoms with Crippen molar-refractivity contribution in [1.82, 2.24) is 4.90 Å². The lowest BCUT2D eigenvalue weighted by molar-refractivity contribution is -0.141. The SMILES string of the molecule is COc1cc(C)c([C@@H](C)N2C[C@H](C(=O)O)CC2=O)cc1OC. The molecule has 0 aromatic heterocycles. The number of carbonyl (C=O) groups is 2. The Morgan fingerprint density at radius 2 is 1.91 bits per heavy atom. The second-order valence-corrected chi connectivity index (χ2v) is 5.53. The molecule has 2 atom stereocenters. The lowest BCUT2D eigenvalue weighted by Gasteiger charge is -2.27. The van der Waals surface area contributed by atoms with E-state index in [2.05, 4.69) is 0 Å². The summed E-state index contributed by atoms with van der Waals surface area (Å²) in [6.45, 7) is 4.07. The number of hydrogen-bond donors (Lipinski definition) is 1. The highest BCUT2D eigenvalue weighted by Gasteiger charge is 2.37. The highest BCUT2D eigenvalue weighted by Crippen LogP contribution is 2.36. The number of nitrogens with zero attached hydrogens (tertiary/aromatic N) is 1. The first-order valence-electron chi connectivity index (χ1n) is 7.13. The largest absolute Gasteiger partial charge is 0.493 e. The van der Waals surface area contributed by atoms with Crippen LogP contribution in [0.4, 0.5) is 0 Å². The van der Waals surface area contributed by atoms with E-state index < -0.39 is 11.9 Å². The molecule has 0 saturated carbocycles. The van der Waals surface area contributed by atoms with E-state index in [-0.39, 0.29) is 24.9 Å². The highest BCUT2D eigenvalue weighted by atomic mass is 16.5. The number of amides is 1. The Morgan fingerprint density at radius 3 is 2.41 bits per heavy atom. The summed E-state index contributed by atoms with van der Waals surface area (Å²) in [6, 6.07) is 3.50. The standard InChI is InChI=1S/C16H21NO5/c1-9-5-13(21-3)14(22-4)7-12(9)10(2)17-8-11(16(19)20)6-15(17)18/h5,7,10-11H,6,8H2,1-4H3,(H,19,20)/t10-,11-/m1/s1. The lowest BCUT2D eigenvalue weighted by Crippen LogP contribution is -2.29. The summed E-state index contributed by atoms with van der Waals surface area (Å²) in [4.78, 5) is 24.8. The van der Waals surface area contributed by atoms with Crippen molar-refractivity contribution in [3.05, 3.63) is 23.3 Å². The van der Waals surface area contributed by atoms with Gasteiger partial charge in [-0.15, -0.1) is 0 Å². The zero-order chi connectivity index (χ0) is 16.4. The van der Waals surface area contributed by atoms with Crippen molar-refractivity contribution in [1.29, 1.82) is 0 Å². The van der Waals surface area contributed by atoms with Gasteiger partial charge in [0.2, 0.25) is 5.91 Å². The van der Waals surface area contributed by atoms with Crippen LogP contribution in [-0.4, -0.2) is 42.6 Å². The molecule has 1 amide bonds. The molecule has 0 spiro atoms. The molecule has 6 nitrogen and oxygen atoms in total. The van der Waals surface area contributed by atoms with Gasteiger partial charge in [0.05, 0.1) is 26.2 Å². The van der Waals surface area contributed by atoms with Crippen LogP contribution in [0, 0.1) is 12.8 Å². The van der Waals surface area contributed by atoms with Crippen molar-refractivity contribution >= 4 is 11.9 Å². The quantitative estimate of drug-likeness (QED) is 0.900. The number of ether oxygens (including phenoxy) is 2. The first-order valence-corrected chi connectivity index (χ1v) is 7.13. The molecule has 1 aromatic rings. The third kappa shape index (κ3) is 2.86. The number of carbonyl (C=O) groups excluding carboxylic acids is 1. The van der Waals surface area contributed by atoms with E-state index in [1.165, 1.54) is 0 Å². The van der Waals surface area contributed by atoms with Gasteiger partial charge in [-0.1, -0.05) is 0 Å². The van der Waals surface area contributed by atoms with Crippen LogP contribution in [0.15, 0.2) is 12.1 Å². The Bertz CT molecular complexity index is 598. The average Bonchev–Trinajstić information content (AvgIpc) is 2.88. The molecule has 0 unspecified atom stereocenters. The Hall–Kier alpha value is -2.24. The van der Waals surface area contributed by atoms with Gasteiger partial charge in [0, 0.05) is 13.0 Å². The monoisotopic (exact) mass is 307 g/mol. The van der Waals surface area contributed by atoms with E-state index in [0.717, 1.165) is 11.1 Å². The molecule has 1 aromatic carbocycles. The molecule has 0 bridgehead atoms. The summed E-state index contributed by atoms with van der Waals surface area (Å²) >= 11 is 0. The van der Waals surface area contributed by atoms with E-state index in [4.69, 9.17) is 14.6 Å². The van der Waals surface area contributed by atoms with Crippen LogP contribution in [0.1, 0.15) is 30.5 Å². The summed E-state index contributed by atoms with van der Waals surface area (Å²) in [5.41, 5.74) is 1.90. The van der Waals surface area contributed by atoms with Gasteiger partial charge in [-0.05, 0) is 37.1 Å². The van der Waals surface area contributed by atoms with E-state index in [0.29, 0.717) is 11.5 Å². The van der Waals surface area contributed by atoms with Gasteiger partial charge in [0.1, 0.15) is 0 Å². The van der Waals surface area contributed by atoms with Gasteiger partial charge in [0.15, 0.2) is 11.5 Å². The van der Waals surface area contributed by atoms with Crippen LogP contribution in [0.3, 0.4) is 0 Å². The van der Waals surface area contributed by atoms with Crippen molar-refractivity contribution in [3.8, 4) is 11.5 Å². The summed E-state index contributed by atoms with van der Waals surface area (Å²) in [7, 11) is 3.13. The first-order chi connectivity index (χ1) is 10.4. The molecule has 22 heavy (non-hydrogen) atoms. The van der Waals surface area contributed by atoms with Crippen LogP contribution in [-0.2, 0) is 9.59 Å². The second-order valence-electron chi connectivity index (χ2n) is 5.53. The minimum atomic E-state index is -0.924. The number of carboxylic acid groups (broad SMARTS) is 1. The Morgan fingerprint density at radius 1 is 1.32 bits per heavy atom. The number of carboxylic acids is 1. The number of methoxy groups -OCH3 is 2. The molecule has 6 heteroatoms. The summed E-state index contributed by atoms with van der Waals surface area (Å²) in [5.74, 6) is -0.458. The van der Waals surface area contributed by atoms with Crippen LogP contribution < -0.4 is 9.47 Å². The molecule has 1 saturated heterocycles. The number of aliphatic carboxylic acids is 1.